The maximum atomic E-state index is 12.4. The number of furan rings is 1. The quantitative estimate of drug-likeness (QED) is 0.404. The number of methoxy groups -OCH3 is 2. The van der Waals surface area contributed by atoms with Gasteiger partial charge in [0.2, 0.25) is 5.91 Å². The van der Waals surface area contributed by atoms with E-state index in [2.05, 4.69) is 10.2 Å². The van der Waals surface area contributed by atoms with E-state index in [1.54, 1.807) is 26.6 Å². The van der Waals surface area contributed by atoms with Crippen molar-refractivity contribution in [2.24, 2.45) is 0 Å². The van der Waals surface area contributed by atoms with Crippen LogP contribution in [0.3, 0.4) is 0 Å². The van der Waals surface area contributed by atoms with Gasteiger partial charge in [-0.2, -0.15) is 0 Å². The van der Waals surface area contributed by atoms with Gasteiger partial charge in [0, 0.05) is 40.8 Å². The van der Waals surface area contributed by atoms with Gasteiger partial charge in [-0.05, 0) is 51.7 Å². The van der Waals surface area contributed by atoms with Crippen molar-refractivity contribution in [3.05, 3.63) is 54.3 Å². The normalized spacial score (nSPS) is 11.7. The maximum absolute atomic E-state index is 12.4. The Balaban J connectivity index is 1.93. The van der Waals surface area contributed by atoms with Crippen molar-refractivity contribution in [2.45, 2.75) is 13.3 Å². The molecule has 0 atom stereocenters. The Labute approximate surface area is 183 Å². The summed E-state index contributed by atoms with van der Waals surface area (Å²) in [7, 11) is 7.30. The molecule has 0 unspecified atom stereocenters. The SMILES string of the molecule is COc1cc2occ(-c3ccccc3OC)c2cc1/C(C)=C/C(=O)NCCCN(C)C. The Kier molecular flexibility index (Phi) is 7.36. The lowest BCUT2D eigenvalue weighted by atomic mass is 9.98. The number of benzene rings is 2. The van der Waals surface area contributed by atoms with Crippen LogP contribution in [0.1, 0.15) is 18.9 Å². The Morgan fingerprint density at radius 2 is 1.84 bits per heavy atom. The molecule has 0 aliphatic heterocycles. The van der Waals surface area contributed by atoms with Crippen molar-refractivity contribution < 1.29 is 18.7 Å². The van der Waals surface area contributed by atoms with E-state index in [4.69, 9.17) is 13.9 Å². The molecule has 3 aromatic rings. The fourth-order valence-electron chi connectivity index (χ4n) is 3.54. The third-order valence-electron chi connectivity index (χ3n) is 5.15. The lowest BCUT2D eigenvalue weighted by Crippen LogP contribution is -2.25. The van der Waals surface area contributed by atoms with Gasteiger partial charge < -0.3 is 24.1 Å². The number of allylic oxidation sites excluding steroid dienone is 1. The van der Waals surface area contributed by atoms with Crippen LogP contribution in [0, 0.1) is 0 Å². The van der Waals surface area contributed by atoms with Crippen LogP contribution >= 0.6 is 0 Å². The lowest BCUT2D eigenvalue weighted by molar-refractivity contribution is -0.116. The first kappa shape index (κ1) is 22.4. The van der Waals surface area contributed by atoms with Crippen LogP contribution in [0.2, 0.25) is 0 Å². The Bertz CT molecular complexity index is 1080. The fourth-order valence-corrected chi connectivity index (χ4v) is 3.54. The van der Waals surface area contributed by atoms with Gasteiger partial charge in [-0.25, -0.2) is 0 Å². The summed E-state index contributed by atoms with van der Waals surface area (Å²) in [6.45, 7) is 3.47. The number of amides is 1. The largest absolute Gasteiger partial charge is 0.496 e. The second kappa shape index (κ2) is 10.2. The van der Waals surface area contributed by atoms with Crippen molar-refractivity contribution >= 4 is 22.4 Å². The average molecular weight is 423 g/mol. The lowest BCUT2D eigenvalue weighted by Gasteiger charge is -2.11. The van der Waals surface area contributed by atoms with E-state index < -0.39 is 0 Å². The predicted octanol–water partition coefficient (Wildman–Crippen LogP) is 4.59. The number of rotatable bonds is 9. The molecular formula is C25H30N2O4. The molecule has 1 heterocycles. The molecule has 6 nitrogen and oxygen atoms in total. The summed E-state index contributed by atoms with van der Waals surface area (Å²) in [5.74, 6) is 1.31. The summed E-state index contributed by atoms with van der Waals surface area (Å²) in [6, 6.07) is 11.7. The van der Waals surface area contributed by atoms with Crippen LogP contribution in [0.5, 0.6) is 11.5 Å². The minimum Gasteiger partial charge on any atom is -0.496 e. The molecule has 1 aromatic heterocycles. The van der Waals surface area contributed by atoms with E-state index >= 15 is 0 Å². The van der Waals surface area contributed by atoms with Gasteiger partial charge in [0.05, 0.1) is 20.5 Å². The zero-order chi connectivity index (χ0) is 22.4. The van der Waals surface area contributed by atoms with Crippen molar-refractivity contribution in [1.29, 1.82) is 0 Å². The van der Waals surface area contributed by atoms with E-state index in [1.807, 2.05) is 57.4 Å². The van der Waals surface area contributed by atoms with E-state index in [0.717, 1.165) is 46.4 Å². The molecule has 0 bridgehead atoms. The summed E-state index contributed by atoms with van der Waals surface area (Å²) in [6.07, 6.45) is 4.24. The molecule has 0 aliphatic rings. The number of hydrogen-bond donors (Lipinski definition) is 1. The summed E-state index contributed by atoms with van der Waals surface area (Å²) in [5, 5.41) is 3.87. The Hall–Kier alpha value is -3.25. The molecule has 0 saturated carbocycles. The van der Waals surface area contributed by atoms with Crippen molar-refractivity contribution in [1.82, 2.24) is 10.2 Å². The van der Waals surface area contributed by atoms with Crippen LogP contribution in [-0.4, -0.2) is 52.2 Å². The van der Waals surface area contributed by atoms with E-state index in [9.17, 15) is 4.79 Å². The molecule has 0 radical (unpaired) electrons. The van der Waals surface area contributed by atoms with Crippen LogP contribution < -0.4 is 14.8 Å². The number of fused-ring (bicyclic) bond motifs is 1. The zero-order valence-electron chi connectivity index (χ0n) is 18.8. The minimum absolute atomic E-state index is 0.115. The highest BCUT2D eigenvalue weighted by Gasteiger charge is 2.16. The molecule has 0 fully saturated rings. The number of nitrogens with zero attached hydrogens (tertiary/aromatic N) is 1. The van der Waals surface area contributed by atoms with Crippen LogP contribution in [0.15, 0.2) is 53.2 Å². The van der Waals surface area contributed by atoms with Gasteiger partial charge in [-0.1, -0.05) is 18.2 Å². The standard InChI is InChI=1S/C25H30N2O4/c1-17(13-25(28)26-11-8-12-27(2)3)19-14-20-21(16-31-24(20)15-23(19)30-5)18-9-6-7-10-22(18)29-4/h6-7,9-10,13-16H,8,11-12H2,1-5H3,(H,26,28)/b17-13+. The van der Waals surface area contributed by atoms with Crippen molar-refractivity contribution in [3.8, 4) is 22.6 Å². The molecule has 31 heavy (non-hydrogen) atoms. The summed E-state index contributed by atoms with van der Waals surface area (Å²) >= 11 is 0. The number of carbonyl (C=O) groups is 1. The molecule has 3 rings (SSSR count). The van der Waals surface area contributed by atoms with Gasteiger partial charge in [0.15, 0.2) is 0 Å². The summed E-state index contributed by atoms with van der Waals surface area (Å²) in [4.78, 5) is 14.5. The van der Waals surface area contributed by atoms with Crippen LogP contribution in [-0.2, 0) is 4.79 Å². The average Bonchev–Trinajstić information content (AvgIpc) is 3.18. The third kappa shape index (κ3) is 5.27. The van der Waals surface area contributed by atoms with Gasteiger partial charge in [0.1, 0.15) is 17.1 Å². The smallest absolute Gasteiger partial charge is 0.244 e. The number of hydrogen-bond acceptors (Lipinski definition) is 5. The monoisotopic (exact) mass is 422 g/mol. The minimum atomic E-state index is -0.115. The molecular weight excluding hydrogens is 392 g/mol. The van der Waals surface area contributed by atoms with E-state index in [-0.39, 0.29) is 5.91 Å². The van der Waals surface area contributed by atoms with E-state index in [1.165, 1.54) is 0 Å². The second-order valence-electron chi connectivity index (χ2n) is 7.67. The molecule has 0 saturated heterocycles. The molecule has 0 spiro atoms. The first-order chi connectivity index (χ1) is 14.9. The number of nitrogens with one attached hydrogen (secondary N) is 1. The van der Waals surface area contributed by atoms with Crippen molar-refractivity contribution in [3.63, 3.8) is 0 Å². The molecule has 2 aromatic carbocycles. The van der Waals surface area contributed by atoms with Gasteiger partial charge in [0.25, 0.3) is 0 Å². The highest BCUT2D eigenvalue weighted by molar-refractivity contribution is 6.01. The van der Waals surface area contributed by atoms with Gasteiger partial charge in [-0.3, -0.25) is 4.79 Å². The molecule has 0 aliphatic carbocycles. The van der Waals surface area contributed by atoms with Crippen molar-refractivity contribution in [2.75, 3.05) is 41.4 Å². The second-order valence-corrected chi connectivity index (χ2v) is 7.67. The van der Waals surface area contributed by atoms with Crippen LogP contribution in [0.25, 0.3) is 27.7 Å². The third-order valence-corrected chi connectivity index (χ3v) is 5.15. The van der Waals surface area contributed by atoms with Gasteiger partial charge >= 0.3 is 0 Å². The topological polar surface area (TPSA) is 63.9 Å². The zero-order valence-corrected chi connectivity index (χ0v) is 18.8. The van der Waals surface area contributed by atoms with Gasteiger partial charge in [-0.15, -0.1) is 0 Å². The summed E-state index contributed by atoms with van der Waals surface area (Å²) < 4.78 is 16.9. The Morgan fingerprint density at radius 3 is 2.55 bits per heavy atom. The molecule has 1 amide bonds. The number of ether oxygens (including phenoxy) is 2. The maximum Gasteiger partial charge on any atom is 0.244 e. The number of carbonyl (C=O) groups excluding carboxylic acids is 1. The Morgan fingerprint density at radius 1 is 1.10 bits per heavy atom. The molecule has 1 N–H and O–H groups in total. The first-order valence-electron chi connectivity index (χ1n) is 10.3. The number of para-hydroxylation sites is 1. The summed E-state index contributed by atoms with van der Waals surface area (Å²) in [5.41, 5.74) is 4.24. The van der Waals surface area contributed by atoms with Crippen LogP contribution in [0.4, 0.5) is 0 Å². The fraction of sp³-hybridized carbons (Fsp3) is 0.320. The molecule has 6 heteroatoms. The first-order valence-corrected chi connectivity index (χ1v) is 10.3. The van der Waals surface area contributed by atoms with E-state index in [0.29, 0.717) is 17.9 Å². The predicted molar refractivity (Wildman–Crippen MR) is 125 cm³/mol. The molecule has 164 valence electrons. The highest BCUT2D eigenvalue weighted by Crippen LogP contribution is 2.40. The highest BCUT2D eigenvalue weighted by atomic mass is 16.5.